The molecule has 130 valence electrons. The third kappa shape index (κ3) is 4.51. The molecule has 2 rings (SSSR count). The average Bonchev–Trinajstić information content (AvgIpc) is 2.51. The van der Waals surface area contributed by atoms with E-state index in [1.54, 1.807) is 0 Å². The number of hydrogen-bond acceptors (Lipinski definition) is 5. The second kappa shape index (κ2) is 7.06. The molecule has 8 nitrogen and oxygen atoms in total. The molecule has 24 heavy (non-hydrogen) atoms. The molecule has 0 saturated carbocycles. The van der Waals surface area contributed by atoms with Crippen LogP contribution in [-0.2, 0) is 10.9 Å². The average molecular weight is 346 g/mol. The molecule has 1 aliphatic heterocycles. The Morgan fingerprint density at radius 3 is 2.71 bits per heavy atom. The Morgan fingerprint density at radius 2 is 2.12 bits per heavy atom. The van der Waals surface area contributed by atoms with Gasteiger partial charge in [-0.05, 0) is 12.1 Å². The summed E-state index contributed by atoms with van der Waals surface area (Å²) in [6.45, 7) is -0.311. The molecule has 0 saturated heterocycles. The van der Waals surface area contributed by atoms with Crippen LogP contribution in [-0.4, -0.2) is 42.7 Å². The minimum absolute atomic E-state index is 0.0190. The lowest BCUT2D eigenvalue weighted by Gasteiger charge is -2.18. The number of halogens is 3. The number of carbonyl (C=O) groups excluding carboxylic acids is 1. The molecule has 4 N–H and O–H groups in total. The van der Waals surface area contributed by atoms with Crippen molar-refractivity contribution in [1.29, 1.82) is 0 Å². The van der Waals surface area contributed by atoms with Gasteiger partial charge in [-0.3, -0.25) is 0 Å². The number of benzene rings is 1. The van der Waals surface area contributed by atoms with Gasteiger partial charge in [0.05, 0.1) is 5.56 Å². The Hall–Kier alpha value is -2.98. The SMILES string of the molecule is O=C(O)NCCNc1ccc(C2=NNC(=O)OC2)cc1C(F)(F)F. The summed E-state index contributed by atoms with van der Waals surface area (Å²) in [4.78, 5) is 21.1. The Labute approximate surface area is 133 Å². The predicted octanol–water partition coefficient (Wildman–Crippen LogP) is 1.83. The lowest BCUT2D eigenvalue weighted by molar-refractivity contribution is -0.137. The van der Waals surface area contributed by atoms with Crippen molar-refractivity contribution in [3.8, 4) is 0 Å². The van der Waals surface area contributed by atoms with E-state index in [9.17, 15) is 22.8 Å². The lowest BCUT2D eigenvalue weighted by atomic mass is 10.0. The van der Waals surface area contributed by atoms with Gasteiger partial charge < -0.3 is 20.5 Å². The third-order valence-corrected chi connectivity index (χ3v) is 3.00. The maximum Gasteiger partial charge on any atom is 0.428 e. The highest BCUT2D eigenvalue weighted by molar-refractivity contribution is 6.04. The zero-order valence-electron chi connectivity index (χ0n) is 12.1. The molecule has 2 amide bonds. The topological polar surface area (TPSA) is 112 Å². The van der Waals surface area contributed by atoms with Crippen molar-refractivity contribution in [2.45, 2.75) is 6.18 Å². The summed E-state index contributed by atoms with van der Waals surface area (Å²) < 4.78 is 44.3. The summed E-state index contributed by atoms with van der Waals surface area (Å²) in [7, 11) is 0. The second-order valence-corrected chi connectivity index (χ2v) is 4.66. The van der Waals surface area contributed by atoms with E-state index in [0.717, 1.165) is 6.07 Å². The maximum atomic E-state index is 13.2. The molecule has 1 aromatic carbocycles. The Balaban J connectivity index is 2.19. The maximum absolute atomic E-state index is 13.2. The normalized spacial score (nSPS) is 14.3. The first-order chi connectivity index (χ1) is 11.3. The number of carbonyl (C=O) groups is 2. The van der Waals surface area contributed by atoms with Crippen molar-refractivity contribution in [1.82, 2.24) is 10.7 Å². The molecule has 1 heterocycles. The summed E-state index contributed by atoms with van der Waals surface area (Å²) in [6.07, 6.45) is -6.67. The Morgan fingerprint density at radius 1 is 1.38 bits per heavy atom. The second-order valence-electron chi connectivity index (χ2n) is 4.66. The van der Waals surface area contributed by atoms with E-state index in [4.69, 9.17) is 5.11 Å². The van der Waals surface area contributed by atoms with Crippen molar-refractivity contribution < 1.29 is 32.6 Å². The summed E-state index contributed by atoms with van der Waals surface area (Å²) in [6, 6.07) is 3.48. The first kappa shape index (κ1) is 17.4. The van der Waals surface area contributed by atoms with Crippen molar-refractivity contribution in [2.24, 2.45) is 5.10 Å². The van der Waals surface area contributed by atoms with Gasteiger partial charge in [-0.25, -0.2) is 15.0 Å². The van der Waals surface area contributed by atoms with Gasteiger partial charge in [0.1, 0.15) is 12.3 Å². The predicted molar refractivity (Wildman–Crippen MR) is 77.0 cm³/mol. The molecule has 0 aliphatic carbocycles. The Bertz CT molecular complexity index is 676. The number of rotatable bonds is 5. The number of amides is 2. The van der Waals surface area contributed by atoms with Crippen LogP contribution in [0.5, 0.6) is 0 Å². The van der Waals surface area contributed by atoms with Crippen LogP contribution < -0.4 is 16.1 Å². The molecule has 1 aliphatic rings. The minimum atomic E-state index is -4.63. The minimum Gasteiger partial charge on any atom is -0.465 e. The number of ether oxygens (including phenoxy) is 1. The van der Waals surface area contributed by atoms with Crippen molar-refractivity contribution in [3.63, 3.8) is 0 Å². The highest BCUT2D eigenvalue weighted by atomic mass is 19.4. The molecular formula is C13H13F3N4O4. The zero-order chi connectivity index (χ0) is 17.7. The number of anilines is 1. The number of nitrogens with one attached hydrogen (secondary N) is 3. The smallest absolute Gasteiger partial charge is 0.428 e. The van der Waals surface area contributed by atoms with E-state index in [-0.39, 0.29) is 36.7 Å². The lowest BCUT2D eigenvalue weighted by Crippen LogP contribution is -2.31. The van der Waals surface area contributed by atoms with Gasteiger partial charge in [-0.1, -0.05) is 6.07 Å². The quantitative estimate of drug-likeness (QED) is 0.608. The van der Waals surface area contributed by atoms with Crippen LogP contribution in [0.1, 0.15) is 11.1 Å². The van der Waals surface area contributed by atoms with Crippen LogP contribution in [0.4, 0.5) is 28.4 Å². The monoisotopic (exact) mass is 346 g/mol. The summed E-state index contributed by atoms with van der Waals surface area (Å²) >= 11 is 0. The van der Waals surface area contributed by atoms with Crippen molar-refractivity contribution >= 4 is 23.6 Å². The molecule has 0 spiro atoms. The molecule has 11 heteroatoms. The highest BCUT2D eigenvalue weighted by Gasteiger charge is 2.34. The van der Waals surface area contributed by atoms with E-state index >= 15 is 0 Å². The van der Waals surface area contributed by atoms with Crippen molar-refractivity contribution in [3.05, 3.63) is 29.3 Å². The summed E-state index contributed by atoms with van der Waals surface area (Å²) in [5, 5.41) is 16.6. The van der Waals surface area contributed by atoms with Gasteiger partial charge in [0.15, 0.2) is 0 Å². The largest absolute Gasteiger partial charge is 0.465 e. The van der Waals surface area contributed by atoms with E-state index in [1.807, 2.05) is 10.7 Å². The van der Waals surface area contributed by atoms with Gasteiger partial charge in [0, 0.05) is 24.3 Å². The molecular weight excluding hydrogens is 333 g/mol. The van der Waals surface area contributed by atoms with Crippen molar-refractivity contribution in [2.75, 3.05) is 25.0 Å². The van der Waals surface area contributed by atoms with Gasteiger partial charge >= 0.3 is 18.4 Å². The number of hydrogen-bond donors (Lipinski definition) is 4. The number of cyclic esters (lactones) is 1. The number of carboxylic acid groups (broad SMARTS) is 1. The van der Waals surface area contributed by atoms with Crippen LogP contribution in [0, 0.1) is 0 Å². The van der Waals surface area contributed by atoms with Crippen LogP contribution in [0.25, 0.3) is 0 Å². The molecule has 0 atom stereocenters. The van der Waals surface area contributed by atoms with E-state index < -0.39 is 23.9 Å². The van der Waals surface area contributed by atoms with Crippen LogP contribution in [0.3, 0.4) is 0 Å². The molecule has 0 radical (unpaired) electrons. The molecule has 0 unspecified atom stereocenters. The molecule has 0 fully saturated rings. The van der Waals surface area contributed by atoms with E-state index in [0.29, 0.717) is 0 Å². The molecule has 0 bridgehead atoms. The van der Waals surface area contributed by atoms with E-state index in [1.165, 1.54) is 12.1 Å². The number of hydrazone groups is 1. The van der Waals surface area contributed by atoms with Crippen LogP contribution in [0.2, 0.25) is 0 Å². The fraction of sp³-hybridized carbons (Fsp3) is 0.308. The first-order valence-electron chi connectivity index (χ1n) is 6.69. The standard InChI is InChI=1S/C13H13F3N4O4/c14-13(15,16)8-5-7(10-6-24-12(23)20-19-10)1-2-9(8)17-3-4-18-11(21)22/h1-2,5,17-18H,3-4,6H2,(H,20,23)(H,21,22). The van der Waals surface area contributed by atoms with Gasteiger partial charge in [-0.2, -0.15) is 18.3 Å². The van der Waals surface area contributed by atoms with Gasteiger partial charge in [-0.15, -0.1) is 0 Å². The number of alkyl halides is 3. The van der Waals surface area contributed by atoms with Gasteiger partial charge in [0.2, 0.25) is 0 Å². The Kier molecular flexibility index (Phi) is 5.11. The van der Waals surface area contributed by atoms with Crippen LogP contribution in [0.15, 0.2) is 23.3 Å². The fourth-order valence-electron chi connectivity index (χ4n) is 1.94. The zero-order valence-corrected chi connectivity index (χ0v) is 12.1. The van der Waals surface area contributed by atoms with Gasteiger partial charge in [0.25, 0.3) is 0 Å². The highest BCUT2D eigenvalue weighted by Crippen LogP contribution is 2.35. The molecule has 1 aromatic rings. The summed E-state index contributed by atoms with van der Waals surface area (Å²) in [5.41, 5.74) is 1.19. The van der Waals surface area contributed by atoms with E-state index in [2.05, 4.69) is 15.2 Å². The fourth-order valence-corrected chi connectivity index (χ4v) is 1.94. The first-order valence-corrected chi connectivity index (χ1v) is 6.69. The third-order valence-electron chi connectivity index (χ3n) is 3.00. The van der Waals surface area contributed by atoms with Crippen LogP contribution >= 0.6 is 0 Å². The molecule has 0 aromatic heterocycles. The number of nitrogens with zero attached hydrogens (tertiary/aromatic N) is 1. The summed E-state index contributed by atoms with van der Waals surface area (Å²) in [5.74, 6) is 0.